The molecular weight excluding hydrogens is 514 g/mol. The van der Waals surface area contributed by atoms with Gasteiger partial charge in [0.25, 0.3) is 0 Å². The van der Waals surface area contributed by atoms with Crippen molar-refractivity contribution in [3.63, 3.8) is 0 Å². The number of pyridine rings is 2. The van der Waals surface area contributed by atoms with Gasteiger partial charge in [-0.2, -0.15) is 5.26 Å². The van der Waals surface area contributed by atoms with Crippen molar-refractivity contribution in [3.05, 3.63) is 102 Å². The van der Waals surface area contributed by atoms with Crippen LogP contribution in [0.4, 0.5) is 5.82 Å². The molecule has 1 fully saturated rings. The van der Waals surface area contributed by atoms with E-state index in [0.29, 0.717) is 22.9 Å². The maximum Gasteiger partial charge on any atom is 0.337 e. The Labute approximate surface area is 237 Å². The van der Waals surface area contributed by atoms with Gasteiger partial charge in [0.15, 0.2) is 0 Å². The molecule has 0 saturated carbocycles. The lowest BCUT2D eigenvalue weighted by Gasteiger charge is -2.32. The molecular formula is C32H27N7O2. The molecule has 0 bridgehead atoms. The summed E-state index contributed by atoms with van der Waals surface area (Å²) < 4.78 is 0. The van der Waals surface area contributed by atoms with Crippen molar-refractivity contribution < 1.29 is 9.90 Å². The number of hydrogen-bond donors (Lipinski definition) is 2. The predicted octanol–water partition coefficient (Wildman–Crippen LogP) is 5.40. The summed E-state index contributed by atoms with van der Waals surface area (Å²) in [7, 11) is 0. The zero-order chi connectivity index (χ0) is 28.2. The molecule has 1 saturated heterocycles. The second-order valence-electron chi connectivity index (χ2n) is 10.1. The van der Waals surface area contributed by atoms with E-state index in [1.807, 2.05) is 42.5 Å². The molecule has 9 nitrogen and oxygen atoms in total. The Hall–Kier alpha value is -5.20. The minimum atomic E-state index is -1.03. The number of carboxylic acids is 1. The van der Waals surface area contributed by atoms with Gasteiger partial charge in [0.2, 0.25) is 5.82 Å². The van der Waals surface area contributed by atoms with Gasteiger partial charge >= 0.3 is 5.97 Å². The monoisotopic (exact) mass is 541 g/mol. The number of piperidine rings is 1. The SMILES string of the molecule is N#Cc1nccc(NC2CCN(Cc3ccc(-c4nc5cc(C(=O)O)cnc5cc4-c4ccccc4)cc3)CC2)n1. The molecule has 0 spiro atoms. The Morgan fingerprint density at radius 3 is 2.46 bits per heavy atom. The van der Waals surface area contributed by atoms with Crippen LogP contribution in [0.2, 0.25) is 0 Å². The maximum atomic E-state index is 11.5. The van der Waals surface area contributed by atoms with Crippen molar-refractivity contribution in [1.29, 1.82) is 5.26 Å². The summed E-state index contributed by atoms with van der Waals surface area (Å²) >= 11 is 0. The molecule has 0 atom stereocenters. The average Bonchev–Trinajstić information content (AvgIpc) is 3.02. The highest BCUT2D eigenvalue weighted by Crippen LogP contribution is 2.33. The van der Waals surface area contributed by atoms with Crippen LogP contribution in [-0.4, -0.2) is 55.0 Å². The number of aromatic nitrogens is 4. The molecule has 0 unspecified atom stereocenters. The summed E-state index contributed by atoms with van der Waals surface area (Å²) in [5.74, 6) is -0.161. The normalized spacial score (nSPS) is 14.0. The van der Waals surface area contributed by atoms with Crippen LogP contribution in [0, 0.1) is 11.3 Å². The van der Waals surface area contributed by atoms with E-state index >= 15 is 0 Å². The number of fused-ring (bicyclic) bond motifs is 1. The van der Waals surface area contributed by atoms with Crippen LogP contribution in [0.15, 0.2) is 85.2 Å². The third-order valence-corrected chi connectivity index (χ3v) is 7.33. The van der Waals surface area contributed by atoms with Crippen molar-refractivity contribution in [3.8, 4) is 28.5 Å². The third-order valence-electron chi connectivity index (χ3n) is 7.33. The van der Waals surface area contributed by atoms with Gasteiger partial charge in [0, 0.05) is 49.2 Å². The molecule has 202 valence electrons. The molecule has 0 amide bonds. The van der Waals surface area contributed by atoms with Crippen molar-refractivity contribution in [2.24, 2.45) is 0 Å². The van der Waals surface area contributed by atoms with Gasteiger partial charge in [0.05, 0.1) is 22.3 Å². The van der Waals surface area contributed by atoms with Crippen molar-refractivity contribution in [1.82, 2.24) is 24.8 Å². The summed E-state index contributed by atoms with van der Waals surface area (Å²) in [6.07, 6.45) is 4.94. The third kappa shape index (κ3) is 5.88. The van der Waals surface area contributed by atoms with Crippen LogP contribution in [0.1, 0.15) is 34.6 Å². The highest BCUT2D eigenvalue weighted by Gasteiger charge is 2.20. The van der Waals surface area contributed by atoms with E-state index in [9.17, 15) is 9.90 Å². The first kappa shape index (κ1) is 26.0. The van der Waals surface area contributed by atoms with E-state index in [-0.39, 0.29) is 11.4 Å². The summed E-state index contributed by atoms with van der Waals surface area (Å²) in [4.78, 5) is 31.4. The van der Waals surface area contributed by atoms with Gasteiger partial charge in [-0.1, -0.05) is 54.6 Å². The van der Waals surface area contributed by atoms with Crippen LogP contribution in [0.25, 0.3) is 33.4 Å². The average molecular weight is 542 g/mol. The van der Waals surface area contributed by atoms with E-state index < -0.39 is 5.97 Å². The first-order chi connectivity index (χ1) is 20.1. The number of nitrogens with one attached hydrogen (secondary N) is 1. The van der Waals surface area contributed by atoms with Crippen molar-refractivity contribution in [2.45, 2.75) is 25.4 Å². The fraction of sp³-hybridized carbons (Fsp3) is 0.188. The van der Waals surface area contributed by atoms with E-state index in [1.54, 1.807) is 18.3 Å². The van der Waals surface area contributed by atoms with Crippen molar-refractivity contribution in [2.75, 3.05) is 18.4 Å². The lowest BCUT2D eigenvalue weighted by molar-refractivity contribution is 0.0696. The van der Waals surface area contributed by atoms with E-state index in [0.717, 1.165) is 54.9 Å². The van der Waals surface area contributed by atoms with Crippen LogP contribution in [0.5, 0.6) is 0 Å². The molecule has 1 aliphatic rings. The van der Waals surface area contributed by atoms with E-state index in [1.165, 1.54) is 11.8 Å². The second kappa shape index (κ2) is 11.5. The molecule has 3 aromatic heterocycles. The lowest BCUT2D eigenvalue weighted by atomic mass is 9.97. The molecule has 2 aromatic carbocycles. The molecule has 41 heavy (non-hydrogen) atoms. The smallest absolute Gasteiger partial charge is 0.337 e. The molecule has 6 rings (SSSR count). The molecule has 4 heterocycles. The zero-order valence-corrected chi connectivity index (χ0v) is 22.2. The first-order valence-electron chi connectivity index (χ1n) is 13.5. The Bertz CT molecular complexity index is 1740. The van der Waals surface area contributed by atoms with E-state index in [4.69, 9.17) is 10.2 Å². The summed E-state index contributed by atoms with van der Waals surface area (Å²) in [6.45, 7) is 2.76. The van der Waals surface area contributed by atoms with Crippen LogP contribution in [-0.2, 0) is 6.54 Å². The number of carbonyl (C=O) groups is 1. The lowest BCUT2D eigenvalue weighted by Crippen LogP contribution is -2.38. The number of carboxylic acid groups (broad SMARTS) is 1. The van der Waals surface area contributed by atoms with Crippen LogP contribution < -0.4 is 5.32 Å². The Kier molecular flexibility index (Phi) is 7.30. The molecule has 5 aromatic rings. The standard InChI is InChI=1S/C32H27N7O2/c33-18-30-34-13-10-29(38-30)36-25-11-14-39(15-12-25)20-21-6-8-23(9-7-21)31-26(22-4-2-1-3-5-22)17-27-28(37-31)16-24(19-35-27)32(40)41/h1-10,13,16-17,19,25H,11-12,14-15,20H2,(H,40,41)(H,34,36,38). The quantitative estimate of drug-likeness (QED) is 0.278. The number of nitrogens with zero attached hydrogens (tertiary/aromatic N) is 6. The van der Waals surface area contributed by atoms with Gasteiger partial charge < -0.3 is 10.4 Å². The zero-order valence-electron chi connectivity index (χ0n) is 22.2. The van der Waals surface area contributed by atoms with Gasteiger partial charge in [0.1, 0.15) is 11.9 Å². The molecule has 9 heteroatoms. The Morgan fingerprint density at radius 2 is 1.73 bits per heavy atom. The minimum Gasteiger partial charge on any atom is -0.478 e. The second-order valence-corrected chi connectivity index (χ2v) is 10.1. The predicted molar refractivity (Wildman–Crippen MR) is 156 cm³/mol. The number of nitriles is 1. The minimum absolute atomic E-state index is 0.113. The van der Waals surface area contributed by atoms with Gasteiger partial charge in [-0.25, -0.2) is 19.7 Å². The maximum absolute atomic E-state index is 11.5. The Morgan fingerprint density at radius 1 is 0.951 bits per heavy atom. The van der Waals surface area contributed by atoms with Crippen LogP contribution in [0.3, 0.4) is 0 Å². The van der Waals surface area contributed by atoms with Gasteiger partial charge in [-0.05, 0) is 42.2 Å². The number of hydrogen-bond acceptors (Lipinski definition) is 8. The highest BCUT2D eigenvalue weighted by atomic mass is 16.4. The Balaban J connectivity index is 1.18. The number of benzene rings is 2. The fourth-order valence-corrected chi connectivity index (χ4v) is 5.19. The number of likely N-dealkylation sites (tertiary alicyclic amines) is 1. The first-order valence-corrected chi connectivity index (χ1v) is 13.5. The number of rotatable bonds is 7. The topological polar surface area (TPSA) is 128 Å². The molecule has 0 aliphatic carbocycles. The van der Waals surface area contributed by atoms with Crippen LogP contribution >= 0.6 is 0 Å². The van der Waals surface area contributed by atoms with Gasteiger partial charge in [-0.3, -0.25) is 9.88 Å². The molecule has 0 radical (unpaired) electrons. The summed E-state index contributed by atoms with van der Waals surface area (Å²) in [5, 5.41) is 21.9. The van der Waals surface area contributed by atoms with Crippen molar-refractivity contribution >= 4 is 22.8 Å². The largest absolute Gasteiger partial charge is 0.478 e. The summed E-state index contributed by atoms with van der Waals surface area (Å²) in [5.41, 5.74) is 6.24. The number of aromatic carboxylic acids is 1. The van der Waals surface area contributed by atoms with E-state index in [2.05, 4.69) is 49.4 Å². The molecule has 2 N–H and O–H groups in total. The molecule has 1 aliphatic heterocycles. The summed E-state index contributed by atoms with van der Waals surface area (Å²) in [6, 6.07) is 26.1. The van der Waals surface area contributed by atoms with Gasteiger partial charge in [-0.15, -0.1) is 0 Å². The highest BCUT2D eigenvalue weighted by molar-refractivity contribution is 5.94. The number of anilines is 1. The fourth-order valence-electron chi connectivity index (χ4n) is 5.19.